The zero-order chi connectivity index (χ0) is 22.8. The molecule has 2 nitrogen and oxygen atoms in total. The average molecular weight is 475 g/mol. The molecule has 0 amide bonds. The van der Waals surface area contributed by atoms with E-state index in [1.165, 1.54) is 128 Å². The van der Waals surface area contributed by atoms with Crippen LogP contribution in [0.15, 0.2) is 0 Å². The third-order valence-electron chi connectivity index (χ3n) is 6.29. The molecule has 0 aliphatic carbocycles. The van der Waals surface area contributed by atoms with Crippen LogP contribution < -0.4 is 0 Å². The van der Waals surface area contributed by atoms with Crippen molar-refractivity contribution in [2.75, 3.05) is 13.2 Å². The molecule has 0 bridgehead atoms. The molecule has 1 unspecified atom stereocenters. The molecule has 0 spiro atoms. The largest absolute Gasteiger partial charge is 0.396 e. The molecule has 0 aliphatic rings. The van der Waals surface area contributed by atoms with Crippen LogP contribution in [0.2, 0.25) is 0 Å². The van der Waals surface area contributed by atoms with E-state index in [9.17, 15) is 0 Å². The lowest BCUT2D eigenvalue weighted by atomic mass is 10.1. The highest BCUT2D eigenvalue weighted by molar-refractivity contribution is 7.82. The highest BCUT2D eigenvalue weighted by Gasteiger charge is 2.21. The van der Waals surface area contributed by atoms with Gasteiger partial charge in [-0.25, -0.2) is 0 Å². The summed E-state index contributed by atoms with van der Waals surface area (Å²) in [5.41, 5.74) is 0. The second-order valence-corrected chi connectivity index (χ2v) is 12.9. The number of thiol groups is 1. The minimum atomic E-state index is -1.63. The summed E-state index contributed by atoms with van der Waals surface area (Å²) in [5.74, 6) is 0. The fourth-order valence-corrected chi connectivity index (χ4v) is 6.28. The Morgan fingerprint density at radius 2 is 0.774 bits per heavy atom. The summed E-state index contributed by atoms with van der Waals surface area (Å²) >= 11 is 4.75. The van der Waals surface area contributed by atoms with Gasteiger partial charge in [0.25, 0.3) is 0 Å². The number of hydrogen-bond acceptors (Lipinski definition) is 3. The Hall–Kier alpha value is 0.487. The van der Waals surface area contributed by atoms with Crippen LogP contribution in [0.5, 0.6) is 0 Å². The molecule has 1 atom stereocenters. The molecule has 0 aromatic carbocycles. The Kier molecular flexibility index (Phi) is 27.2. The molecule has 0 heterocycles. The van der Waals surface area contributed by atoms with Crippen molar-refractivity contribution in [2.45, 2.75) is 160 Å². The lowest BCUT2D eigenvalue weighted by Crippen LogP contribution is -2.34. The van der Waals surface area contributed by atoms with E-state index in [0.717, 1.165) is 19.6 Å². The van der Waals surface area contributed by atoms with Gasteiger partial charge in [0.1, 0.15) is 0 Å². The summed E-state index contributed by atoms with van der Waals surface area (Å²) < 4.78 is 12.4. The van der Waals surface area contributed by atoms with Gasteiger partial charge in [-0.15, -0.1) is 0 Å². The van der Waals surface area contributed by atoms with Gasteiger partial charge in [-0.1, -0.05) is 136 Å². The van der Waals surface area contributed by atoms with Gasteiger partial charge in [0.2, 0.25) is 0 Å². The third-order valence-corrected chi connectivity index (χ3v) is 9.62. The van der Waals surface area contributed by atoms with Gasteiger partial charge < -0.3 is 8.85 Å². The van der Waals surface area contributed by atoms with Gasteiger partial charge in [-0.2, -0.15) is 12.6 Å². The van der Waals surface area contributed by atoms with Crippen LogP contribution in [0.3, 0.4) is 0 Å². The average Bonchev–Trinajstić information content (AvgIpc) is 2.79. The Morgan fingerprint density at radius 1 is 0.484 bits per heavy atom. The molecule has 0 saturated carbocycles. The van der Waals surface area contributed by atoms with Crippen molar-refractivity contribution < 1.29 is 8.85 Å². The van der Waals surface area contributed by atoms with Crippen LogP contribution in [-0.4, -0.2) is 27.4 Å². The van der Waals surface area contributed by atoms with Crippen molar-refractivity contribution in [1.82, 2.24) is 0 Å². The van der Waals surface area contributed by atoms with Gasteiger partial charge in [0.05, 0.1) is 0 Å². The Morgan fingerprint density at radius 3 is 1.06 bits per heavy atom. The summed E-state index contributed by atoms with van der Waals surface area (Å²) in [6.07, 6.45) is 28.5. The van der Waals surface area contributed by atoms with E-state index in [1.54, 1.807) is 0 Å². The topological polar surface area (TPSA) is 18.5 Å². The highest BCUT2D eigenvalue weighted by atomic mass is 32.1. The summed E-state index contributed by atoms with van der Waals surface area (Å²) in [6.45, 7) is 8.53. The van der Waals surface area contributed by atoms with E-state index in [2.05, 4.69) is 20.8 Å². The summed E-state index contributed by atoms with van der Waals surface area (Å²) in [4.78, 5) is 0.325. The molecule has 0 saturated heterocycles. The molecule has 188 valence electrons. The minimum Gasteiger partial charge on any atom is -0.396 e. The van der Waals surface area contributed by atoms with Crippen LogP contribution >= 0.6 is 12.6 Å². The first-order valence-electron chi connectivity index (χ1n) is 14.2. The fraction of sp³-hybridized carbons (Fsp3) is 1.00. The quantitative estimate of drug-likeness (QED) is 0.0764. The van der Waals surface area contributed by atoms with E-state index in [4.69, 9.17) is 21.5 Å². The SMILES string of the molecule is CCCCCCCCCCCCO[SiH](OCCCCCCCCCCCC)C(S)CC. The molecule has 0 rings (SSSR count). The molecule has 0 aromatic heterocycles. The first kappa shape index (κ1) is 31.5. The zero-order valence-electron chi connectivity index (χ0n) is 21.7. The summed E-state index contributed by atoms with van der Waals surface area (Å²) in [6, 6.07) is 0. The monoisotopic (exact) mass is 474 g/mol. The van der Waals surface area contributed by atoms with Crippen LogP contribution in [0.1, 0.15) is 156 Å². The molecular weight excluding hydrogens is 416 g/mol. The fourth-order valence-electron chi connectivity index (χ4n) is 4.04. The van der Waals surface area contributed by atoms with Gasteiger partial charge >= 0.3 is 9.28 Å². The van der Waals surface area contributed by atoms with E-state index in [1.807, 2.05) is 0 Å². The molecule has 0 radical (unpaired) electrons. The summed E-state index contributed by atoms with van der Waals surface area (Å²) in [7, 11) is -1.63. The second kappa shape index (κ2) is 26.7. The van der Waals surface area contributed by atoms with Crippen molar-refractivity contribution >= 4 is 21.9 Å². The first-order chi connectivity index (χ1) is 15.3. The summed E-state index contributed by atoms with van der Waals surface area (Å²) in [5, 5.41) is 0. The van der Waals surface area contributed by atoms with Gasteiger partial charge in [0, 0.05) is 18.1 Å². The second-order valence-electron chi connectivity index (χ2n) is 9.45. The molecule has 0 fully saturated rings. The normalized spacial score (nSPS) is 12.7. The maximum atomic E-state index is 6.20. The Labute approximate surface area is 204 Å². The van der Waals surface area contributed by atoms with E-state index >= 15 is 0 Å². The first-order valence-corrected chi connectivity index (χ1v) is 16.3. The number of hydrogen-bond donors (Lipinski definition) is 1. The highest BCUT2D eigenvalue weighted by Crippen LogP contribution is 2.14. The van der Waals surface area contributed by atoms with Crippen molar-refractivity contribution in [3.63, 3.8) is 0 Å². The lowest BCUT2D eigenvalue weighted by molar-refractivity contribution is 0.187. The van der Waals surface area contributed by atoms with Crippen molar-refractivity contribution in [3.05, 3.63) is 0 Å². The smallest absolute Gasteiger partial charge is 0.334 e. The van der Waals surface area contributed by atoms with E-state index in [0.29, 0.717) is 4.87 Å². The van der Waals surface area contributed by atoms with Crippen LogP contribution in [-0.2, 0) is 8.85 Å². The predicted octanol–water partition coefficient (Wildman–Crippen LogP) is 9.33. The van der Waals surface area contributed by atoms with E-state index < -0.39 is 9.28 Å². The van der Waals surface area contributed by atoms with Crippen molar-refractivity contribution in [2.24, 2.45) is 0 Å². The van der Waals surface area contributed by atoms with E-state index in [-0.39, 0.29) is 0 Å². The van der Waals surface area contributed by atoms with Crippen molar-refractivity contribution in [1.29, 1.82) is 0 Å². The van der Waals surface area contributed by atoms with Crippen LogP contribution in [0.4, 0.5) is 0 Å². The molecule has 0 aliphatic heterocycles. The van der Waals surface area contributed by atoms with Crippen molar-refractivity contribution in [3.8, 4) is 0 Å². The Bertz CT molecular complexity index is 304. The molecule has 0 N–H and O–H groups in total. The third kappa shape index (κ3) is 23.4. The maximum Gasteiger partial charge on any atom is 0.334 e. The standard InChI is InChI=1S/C27H58O2SSi/c1-4-7-9-11-13-15-17-19-21-23-25-28-31(27(30)6-3)29-26-24-22-20-18-16-14-12-10-8-5-2/h27,30-31H,4-26H2,1-3H3. The molecule has 0 aromatic rings. The predicted molar refractivity (Wildman–Crippen MR) is 146 cm³/mol. The number of unbranched alkanes of at least 4 members (excludes halogenated alkanes) is 18. The van der Waals surface area contributed by atoms with Gasteiger partial charge in [-0.05, 0) is 19.3 Å². The number of rotatable bonds is 26. The maximum absolute atomic E-state index is 6.20. The van der Waals surface area contributed by atoms with Gasteiger partial charge in [-0.3, -0.25) is 0 Å². The molecular formula is C27H58O2SSi. The Balaban J connectivity index is 3.55. The zero-order valence-corrected chi connectivity index (χ0v) is 23.7. The molecule has 4 heteroatoms. The lowest BCUT2D eigenvalue weighted by Gasteiger charge is -2.21. The van der Waals surface area contributed by atoms with Crippen LogP contribution in [0.25, 0.3) is 0 Å². The molecule has 31 heavy (non-hydrogen) atoms. The minimum absolute atomic E-state index is 0.325. The van der Waals surface area contributed by atoms with Gasteiger partial charge in [0.15, 0.2) is 0 Å². The van der Waals surface area contributed by atoms with Crippen LogP contribution in [0, 0.1) is 0 Å².